The van der Waals surface area contributed by atoms with E-state index in [4.69, 9.17) is 14.2 Å². The molecule has 0 bridgehead atoms. The molecule has 2 saturated heterocycles. The number of methoxy groups -OCH3 is 1. The Bertz CT molecular complexity index is 591. The number of aliphatic imine (C=N–C) groups is 1. The van der Waals surface area contributed by atoms with Gasteiger partial charge in [-0.2, -0.15) is 0 Å². The van der Waals surface area contributed by atoms with Crippen LogP contribution in [0.25, 0.3) is 0 Å². The van der Waals surface area contributed by atoms with Gasteiger partial charge in [0.05, 0.1) is 19.8 Å². The maximum atomic E-state index is 5.72. The maximum absolute atomic E-state index is 5.72. The minimum atomic E-state index is 0. The molecule has 2 aliphatic heterocycles. The maximum Gasteiger partial charge on any atom is 0.193 e. The standard InChI is InChI=1S/C21H33N3O3.HI/c1-22-21(23-11-4-13-26-16-20-5-3-14-27-20)24-12-10-18(15-24)17-6-8-19(25-2)9-7-17;/h6-9,18,20H,3-5,10-16H2,1-2H3,(H,22,23);1H. The van der Waals surface area contributed by atoms with Crippen molar-refractivity contribution in [1.82, 2.24) is 10.2 Å². The van der Waals surface area contributed by atoms with Crippen molar-refractivity contribution in [3.8, 4) is 5.75 Å². The van der Waals surface area contributed by atoms with E-state index >= 15 is 0 Å². The topological polar surface area (TPSA) is 55.3 Å². The number of ether oxygens (including phenoxy) is 3. The van der Waals surface area contributed by atoms with Gasteiger partial charge in [0.25, 0.3) is 0 Å². The molecular weight excluding hydrogens is 469 g/mol. The summed E-state index contributed by atoms with van der Waals surface area (Å²) in [5, 5.41) is 3.47. The fraction of sp³-hybridized carbons (Fsp3) is 0.667. The van der Waals surface area contributed by atoms with E-state index in [1.165, 1.54) is 12.0 Å². The highest BCUT2D eigenvalue weighted by Gasteiger charge is 2.26. The molecule has 2 atom stereocenters. The van der Waals surface area contributed by atoms with Crippen molar-refractivity contribution >= 4 is 29.9 Å². The van der Waals surface area contributed by atoms with Crippen LogP contribution in [0.4, 0.5) is 0 Å². The minimum Gasteiger partial charge on any atom is -0.497 e. The van der Waals surface area contributed by atoms with Crippen LogP contribution in [0, 0.1) is 0 Å². The second-order valence-corrected chi connectivity index (χ2v) is 7.24. The third-order valence-electron chi connectivity index (χ3n) is 5.36. The second-order valence-electron chi connectivity index (χ2n) is 7.24. The van der Waals surface area contributed by atoms with Gasteiger partial charge >= 0.3 is 0 Å². The highest BCUT2D eigenvalue weighted by molar-refractivity contribution is 14.0. The summed E-state index contributed by atoms with van der Waals surface area (Å²) in [7, 11) is 3.56. The van der Waals surface area contributed by atoms with Crippen molar-refractivity contribution in [3.05, 3.63) is 29.8 Å². The van der Waals surface area contributed by atoms with Crippen LogP contribution in [-0.2, 0) is 9.47 Å². The Kier molecular flexibility index (Phi) is 10.4. The van der Waals surface area contributed by atoms with Crippen LogP contribution in [0.1, 0.15) is 37.2 Å². The first-order chi connectivity index (χ1) is 13.3. The lowest BCUT2D eigenvalue weighted by molar-refractivity contribution is 0.0168. The number of hydrogen-bond acceptors (Lipinski definition) is 4. The predicted molar refractivity (Wildman–Crippen MR) is 123 cm³/mol. The SMILES string of the molecule is CN=C(NCCCOCC1CCCO1)N1CCC(c2ccc(OC)cc2)C1.I. The summed E-state index contributed by atoms with van der Waals surface area (Å²) >= 11 is 0. The normalized spacial score (nSPS) is 22.2. The second kappa shape index (κ2) is 12.5. The Balaban J connectivity index is 0.00000280. The Labute approximate surface area is 186 Å². The van der Waals surface area contributed by atoms with Crippen molar-refractivity contribution in [2.45, 2.75) is 37.7 Å². The van der Waals surface area contributed by atoms with Crippen LogP contribution in [0.3, 0.4) is 0 Å². The van der Waals surface area contributed by atoms with Crippen molar-refractivity contribution in [2.24, 2.45) is 4.99 Å². The van der Waals surface area contributed by atoms with Crippen LogP contribution >= 0.6 is 24.0 Å². The van der Waals surface area contributed by atoms with E-state index < -0.39 is 0 Å². The van der Waals surface area contributed by atoms with Crippen LogP contribution in [-0.4, -0.2) is 70.6 Å². The summed E-state index contributed by atoms with van der Waals surface area (Å²) in [6, 6.07) is 8.44. The van der Waals surface area contributed by atoms with Crippen LogP contribution < -0.4 is 10.1 Å². The van der Waals surface area contributed by atoms with E-state index in [0.29, 0.717) is 12.0 Å². The Morgan fingerprint density at radius 1 is 1.29 bits per heavy atom. The van der Waals surface area contributed by atoms with Crippen molar-refractivity contribution < 1.29 is 14.2 Å². The van der Waals surface area contributed by atoms with Crippen molar-refractivity contribution in [3.63, 3.8) is 0 Å². The molecule has 0 spiro atoms. The number of halogens is 1. The molecule has 0 aromatic heterocycles. The van der Waals surface area contributed by atoms with E-state index in [9.17, 15) is 0 Å². The molecule has 158 valence electrons. The molecule has 1 N–H and O–H groups in total. The number of nitrogens with zero attached hydrogens (tertiary/aromatic N) is 2. The number of benzene rings is 1. The summed E-state index contributed by atoms with van der Waals surface area (Å²) < 4.78 is 16.5. The Morgan fingerprint density at radius 2 is 2.11 bits per heavy atom. The summed E-state index contributed by atoms with van der Waals surface area (Å²) in [5.41, 5.74) is 1.37. The fourth-order valence-corrected chi connectivity index (χ4v) is 3.80. The first-order valence-electron chi connectivity index (χ1n) is 10.1. The van der Waals surface area contributed by atoms with Gasteiger partial charge in [0.2, 0.25) is 0 Å². The summed E-state index contributed by atoms with van der Waals surface area (Å²) in [5.74, 6) is 2.45. The average Bonchev–Trinajstić information content (AvgIpc) is 3.40. The molecule has 2 aliphatic rings. The monoisotopic (exact) mass is 503 g/mol. The lowest BCUT2D eigenvalue weighted by Gasteiger charge is -2.22. The number of hydrogen-bond donors (Lipinski definition) is 1. The van der Waals surface area contributed by atoms with E-state index in [1.807, 2.05) is 19.2 Å². The zero-order chi connectivity index (χ0) is 18.9. The van der Waals surface area contributed by atoms with E-state index in [1.54, 1.807) is 7.11 Å². The molecule has 7 heteroatoms. The Hall–Kier alpha value is -1.06. The molecule has 0 amide bonds. The molecule has 2 unspecified atom stereocenters. The molecule has 6 nitrogen and oxygen atoms in total. The molecule has 0 aliphatic carbocycles. The van der Waals surface area contributed by atoms with Gasteiger partial charge in [0, 0.05) is 45.8 Å². The lowest BCUT2D eigenvalue weighted by Crippen LogP contribution is -2.40. The van der Waals surface area contributed by atoms with Crippen LogP contribution in [0.15, 0.2) is 29.3 Å². The largest absolute Gasteiger partial charge is 0.497 e. The fourth-order valence-electron chi connectivity index (χ4n) is 3.80. The van der Waals surface area contributed by atoms with Crippen LogP contribution in [0.2, 0.25) is 0 Å². The molecule has 1 aromatic rings. The van der Waals surface area contributed by atoms with Gasteiger partial charge in [-0.15, -0.1) is 24.0 Å². The molecule has 2 fully saturated rings. The molecule has 28 heavy (non-hydrogen) atoms. The highest BCUT2D eigenvalue weighted by atomic mass is 127. The zero-order valence-corrected chi connectivity index (χ0v) is 19.4. The smallest absolute Gasteiger partial charge is 0.193 e. The van der Waals surface area contributed by atoms with Gasteiger partial charge in [-0.1, -0.05) is 12.1 Å². The third kappa shape index (κ3) is 6.77. The third-order valence-corrected chi connectivity index (χ3v) is 5.36. The zero-order valence-electron chi connectivity index (χ0n) is 17.1. The lowest BCUT2D eigenvalue weighted by atomic mass is 9.98. The first-order valence-corrected chi connectivity index (χ1v) is 10.1. The molecule has 0 saturated carbocycles. The van der Waals surface area contributed by atoms with Gasteiger partial charge < -0.3 is 24.4 Å². The number of rotatable bonds is 8. The predicted octanol–water partition coefficient (Wildman–Crippen LogP) is 3.26. The van der Waals surface area contributed by atoms with Gasteiger partial charge in [-0.25, -0.2) is 0 Å². The van der Waals surface area contributed by atoms with Crippen molar-refractivity contribution in [2.75, 3.05) is 53.6 Å². The quantitative estimate of drug-likeness (QED) is 0.256. The first kappa shape index (κ1) is 23.2. The summed E-state index contributed by atoms with van der Waals surface area (Å²) in [6.45, 7) is 5.29. The van der Waals surface area contributed by atoms with E-state index in [0.717, 1.165) is 70.4 Å². The average molecular weight is 503 g/mol. The van der Waals surface area contributed by atoms with E-state index in [-0.39, 0.29) is 24.0 Å². The van der Waals surface area contributed by atoms with Gasteiger partial charge in [-0.3, -0.25) is 4.99 Å². The molecule has 0 radical (unpaired) electrons. The van der Waals surface area contributed by atoms with Gasteiger partial charge in [-0.05, 0) is 43.4 Å². The number of likely N-dealkylation sites (tertiary alicyclic amines) is 1. The summed E-state index contributed by atoms with van der Waals surface area (Å²) in [6.07, 6.45) is 4.73. The Morgan fingerprint density at radius 3 is 2.79 bits per heavy atom. The minimum absolute atomic E-state index is 0. The molecule has 2 heterocycles. The van der Waals surface area contributed by atoms with E-state index in [2.05, 4.69) is 27.3 Å². The highest BCUT2D eigenvalue weighted by Crippen LogP contribution is 2.28. The number of guanidine groups is 1. The van der Waals surface area contributed by atoms with Gasteiger partial charge in [0.15, 0.2) is 5.96 Å². The summed E-state index contributed by atoms with van der Waals surface area (Å²) in [4.78, 5) is 6.81. The number of nitrogens with one attached hydrogen (secondary N) is 1. The van der Waals surface area contributed by atoms with Gasteiger partial charge in [0.1, 0.15) is 5.75 Å². The van der Waals surface area contributed by atoms with Crippen molar-refractivity contribution in [1.29, 1.82) is 0 Å². The molecular formula is C21H34IN3O3. The molecule has 1 aromatic carbocycles. The van der Waals surface area contributed by atoms with Crippen LogP contribution in [0.5, 0.6) is 5.75 Å². The molecule has 3 rings (SSSR count).